The minimum absolute atomic E-state index is 0.238. The summed E-state index contributed by atoms with van der Waals surface area (Å²) in [6, 6.07) is 6.41. The van der Waals surface area contributed by atoms with Crippen LogP contribution >= 0.6 is 0 Å². The highest BCUT2D eigenvalue weighted by molar-refractivity contribution is 5.88. The molecule has 1 aromatic heterocycles. The van der Waals surface area contributed by atoms with Gasteiger partial charge in [0.15, 0.2) is 0 Å². The second kappa shape index (κ2) is 5.34. The molecule has 0 amide bonds. The van der Waals surface area contributed by atoms with Crippen molar-refractivity contribution in [2.45, 2.75) is 6.92 Å². The molecular weight excluding hydrogens is 246 g/mol. The van der Waals surface area contributed by atoms with Gasteiger partial charge < -0.3 is 15.2 Å². The highest BCUT2D eigenvalue weighted by Gasteiger charge is 2.08. The van der Waals surface area contributed by atoms with E-state index in [1.54, 1.807) is 19.2 Å². The summed E-state index contributed by atoms with van der Waals surface area (Å²) in [6.45, 7) is 1.84. The number of nitrogens with one attached hydrogen (secondary N) is 1. The average molecular weight is 259 g/mol. The lowest BCUT2D eigenvalue weighted by Gasteiger charge is -2.10. The van der Waals surface area contributed by atoms with Crippen LogP contribution in [0.1, 0.15) is 15.9 Å². The van der Waals surface area contributed by atoms with Gasteiger partial charge in [-0.05, 0) is 31.2 Å². The Morgan fingerprint density at radius 1 is 1.26 bits per heavy atom. The first-order valence-electron chi connectivity index (χ1n) is 5.58. The Morgan fingerprint density at radius 3 is 2.53 bits per heavy atom. The first-order chi connectivity index (χ1) is 9.11. The molecule has 0 saturated heterocycles. The van der Waals surface area contributed by atoms with Gasteiger partial charge in [-0.15, -0.1) is 0 Å². The number of nitrogens with zero attached hydrogens (tertiary/aromatic N) is 2. The molecular formula is C13H13N3O3. The summed E-state index contributed by atoms with van der Waals surface area (Å²) in [5.41, 5.74) is 1.77. The first kappa shape index (κ1) is 12.8. The van der Waals surface area contributed by atoms with E-state index in [4.69, 9.17) is 9.84 Å². The maximum absolute atomic E-state index is 10.8. The van der Waals surface area contributed by atoms with Crippen LogP contribution in [0.2, 0.25) is 0 Å². The van der Waals surface area contributed by atoms with Crippen LogP contribution in [0.25, 0.3) is 0 Å². The third-order valence-electron chi connectivity index (χ3n) is 2.63. The molecule has 0 aliphatic rings. The van der Waals surface area contributed by atoms with Gasteiger partial charge in [-0.1, -0.05) is 0 Å². The number of carboxylic acids is 1. The molecule has 19 heavy (non-hydrogen) atoms. The van der Waals surface area contributed by atoms with E-state index in [9.17, 15) is 4.79 Å². The Hall–Kier alpha value is -2.63. The highest BCUT2D eigenvalue weighted by Crippen LogP contribution is 2.23. The maximum atomic E-state index is 10.8. The lowest BCUT2D eigenvalue weighted by atomic mass is 10.2. The number of hydrogen-bond acceptors (Lipinski definition) is 5. The summed E-state index contributed by atoms with van der Waals surface area (Å²) in [6.07, 6.45) is 1.40. The van der Waals surface area contributed by atoms with Crippen LogP contribution in [-0.4, -0.2) is 28.2 Å². The molecule has 2 rings (SSSR count). The fourth-order valence-corrected chi connectivity index (χ4v) is 1.60. The topological polar surface area (TPSA) is 84.3 Å². The van der Waals surface area contributed by atoms with Crippen molar-refractivity contribution < 1.29 is 14.6 Å². The van der Waals surface area contributed by atoms with Crippen LogP contribution in [0.4, 0.5) is 11.5 Å². The third-order valence-corrected chi connectivity index (χ3v) is 2.63. The van der Waals surface area contributed by atoms with Crippen molar-refractivity contribution in [2.24, 2.45) is 0 Å². The molecule has 0 atom stereocenters. The molecule has 0 fully saturated rings. The normalized spacial score (nSPS) is 10.0. The van der Waals surface area contributed by atoms with E-state index in [-0.39, 0.29) is 5.56 Å². The van der Waals surface area contributed by atoms with Crippen molar-refractivity contribution >= 4 is 17.5 Å². The standard InChI is InChI=1S/C13H13N3O3/c1-8-11(14-7-15-12(8)19-2)16-10-5-3-9(4-6-10)13(17)18/h3-7H,1-2H3,(H,17,18)(H,14,15,16). The van der Waals surface area contributed by atoms with Gasteiger partial charge in [-0.3, -0.25) is 0 Å². The van der Waals surface area contributed by atoms with E-state index in [1.165, 1.54) is 18.5 Å². The minimum Gasteiger partial charge on any atom is -0.481 e. The molecule has 1 aromatic carbocycles. The monoisotopic (exact) mass is 259 g/mol. The van der Waals surface area contributed by atoms with Crippen LogP contribution in [0.15, 0.2) is 30.6 Å². The number of ether oxygens (including phenoxy) is 1. The number of benzene rings is 1. The smallest absolute Gasteiger partial charge is 0.335 e. The van der Waals surface area contributed by atoms with Crippen LogP contribution in [0.5, 0.6) is 5.88 Å². The number of rotatable bonds is 4. The minimum atomic E-state index is -0.952. The van der Waals surface area contributed by atoms with E-state index in [2.05, 4.69) is 15.3 Å². The quantitative estimate of drug-likeness (QED) is 0.875. The second-order valence-corrected chi connectivity index (χ2v) is 3.86. The van der Waals surface area contributed by atoms with Gasteiger partial charge in [0.25, 0.3) is 0 Å². The molecule has 0 saturated carbocycles. The first-order valence-corrected chi connectivity index (χ1v) is 5.58. The van der Waals surface area contributed by atoms with Gasteiger partial charge in [0.05, 0.1) is 18.2 Å². The van der Waals surface area contributed by atoms with Gasteiger partial charge in [-0.25, -0.2) is 14.8 Å². The highest BCUT2D eigenvalue weighted by atomic mass is 16.5. The predicted octanol–water partition coefficient (Wildman–Crippen LogP) is 2.24. The van der Waals surface area contributed by atoms with Crippen molar-refractivity contribution in [2.75, 3.05) is 12.4 Å². The van der Waals surface area contributed by atoms with Gasteiger partial charge >= 0.3 is 5.97 Å². The zero-order valence-corrected chi connectivity index (χ0v) is 10.5. The van der Waals surface area contributed by atoms with Gasteiger partial charge in [0, 0.05) is 5.69 Å². The zero-order valence-electron chi connectivity index (χ0n) is 10.5. The Kier molecular flexibility index (Phi) is 3.61. The number of anilines is 2. The second-order valence-electron chi connectivity index (χ2n) is 3.86. The van der Waals surface area contributed by atoms with Crippen molar-refractivity contribution in [1.82, 2.24) is 9.97 Å². The van der Waals surface area contributed by atoms with Crippen LogP contribution < -0.4 is 10.1 Å². The lowest BCUT2D eigenvalue weighted by Crippen LogP contribution is -2.01. The number of aromatic carboxylic acids is 1. The van der Waals surface area contributed by atoms with Crippen molar-refractivity contribution in [1.29, 1.82) is 0 Å². The van der Waals surface area contributed by atoms with Crippen LogP contribution in [0, 0.1) is 6.92 Å². The van der Waals surface area contributed by atoms with Crippen LogP contribution in [-0.2, 0) is 0 Å². The van der Waals surface area contributed by atoms with Crippen molar-refractivity contribution in [3.8, 4) is 5.88 Å². The van der Waals surface area contributed by atoms with E-state index in [0.29, 0.717) is 11.7 Å². The third kappa shape index (κ3) is 2.79. The Labute approximate surface area is 110 Å². The number of hydrogen-bond donors (Lipinski definition) is 2. The van der Waals surface area contributed by atoms with E-state index >= 15 is 0 Å². The summed E-state index contributed by atoms with van der Waals surface area (Å²) in [5, 5.41) is 11.9. The fraction of sp³-hybridized carbons (Fsp3) is 0.154. The summed E-state index contributed by atoms with van der Waals surface area (Å²) in [5.74, 6) is 0.168. The SMILES string of the molecule is COc1ncnc(Nc2ccc(C(=O)O)cc2)c1C. The molecule has 0 bridgehead atoms. The van der Waals surface area contributed by atoms with Crippen molar-refractivity contribution in [3.05, 3.63) is 41.7 Å². The molecule has 6 nitrogen and oxygen atoms in total. The number of carboxylic acid groups (broad SMARTS) is 1. The molecule has 2 aromatic rings. The largest absolute Gasteiger partial charge is 0.481 e. The maximum Gasteiger partial charge on any atom is 0.335 e. The lowest BCUT2D eigenvalue weighted by molar-refractivity contribution is 0.0697. The Morgan fingerprint density at radius 2 is 1.95 bits per heavy atom. The molecule has 0 radical (unpaired) electrons. The number of aromatic nitrogens is 2. The number of carbonyl (C=O) groups is 1. The molecule has 0 aliphatic carbocycles. The summed E-state index contributed by atoms with van der Waals surface area (Å²) < 4.78 is 5.11. The van der Waals surface area contributed by atoms with Gasteiger partial charge in [0.2, 0.25) is 5.88 Å². The van der Waals surface area contributed by atoms with E-state index in [0.717, 1.165) is 11.3 Å². The van der Waals surface area contributed by atoms with Gasteiger partial charge in [0.1, 0.15) is 12.1 Å². The summed E-state index contributed by atoms with van der Waals surface area (Å²) >= 11 is 0. The van der Waals surface area contributed by atoms with Crippen molar-refractivity contribution in [3.63, 3.8) is 0 Å². The molecule has 0 spiro atoms. The summed E-state index contributed by atoms with van der Waals surface area (Å²) in [4.78, 5) is 18.9. The number of methoxy groups -OCH3 is 1. The Balaban J connectivity index is 2.24. The molecule has 0 unspecified atom stereocenters. The fourth-order valence-electron chi connectivity index (χ4n) is 1.60. The Bertz CT molecular complexity index is 597. The zero-order chi connectivity index (χ0) is 13.8. The van der Waals surface area contributed by atoms with Crippen LogP contribution in [0.3, 0.4) is 0 Å². The van der Waals surface area contributed by atoms with E-state index < -0.39 is 5.97 Å². The predicted molar refractivity (Wildman–Crippen MR) is 70.0 cm³/mol. The molecule has 1 heterocycles. The molecule has 0 aliphatic heterocycles. The molecule has 2 N–H and O–H groups in total. The average Bonchev–Trinajstić information content (AvgIpc) is 2.42. The van der Waals surface area contributed by atoms with Gasteiger partial charge in [-0.2, -0.15) is 0 Å². The summed E-state index contributed by atoms with van der Waals surface area (Å²) in [7, 11) is 1.54. The molecule has 6 heteroatoms. The molecule has 98 valence electrons. The van der Waals surface area contributed by atoms with E-state index in [1.807, 2.05) is 6.92 Å².